The highest BCUT2D eigenvalue weighted by Gasteiger charge is 2.24. The van der Waals surface area contributed by atoms with Crippen LogP contribution in [0, 0.1) is 0 Å². The van der Waals surface area contributed by atoms with E-state index in [1.54, 1.807) is 6.92 Å². The number of hydrogen-bond acceptors (Lipinski definition) is 4. The van der Waals surface area contributed by atoms with Crippen LogP contribution in [0.4, 0.5) is 11.4 Å². The Kier molecular flexibility index (Phi) is 3.53. The molecule has 1 saturated heterocycles. The summed E-state index contributed by atoms with van der Waals surface area (Å²) in [6, 6.07) is 6.39. The molecule has 1 atom stereocenters. The number of benzene rings is 1. The van der Waals surface area contributed by atoms with E-state index in [1.807, 2.05) is 18.2 Å². The Morgan fingerprint density at radius 3 is 2.85 bits per heavy atom. The van der Waals surface area contributed by atoms with E-state index in [9.17, 15) is 4.79 Å². The van der Waals surface area contributed by atoms with Crippen LogP contribution in [0.15, 0.2) is 18.2 Å². The molecule has 1 unspecified atom stereocenters. The molecule has 5 heteroatoms. The molecule has 2 heterocycles. The molecule has 5 nitrogen and oxygen atoms in total. The number of nitrogens with zero attached hydrogens (tertiary/aromatic N) is 1. The highest BCUT2D eigenvalue weighted by Crippen LogP contribution is 2.32. The van der Waals surface area contributed by atoms with Crippen LogP contribution in [0.3, 0.4) is 0 Å². The first-order valence-corrected chi connectivity index (χ1v) is 7.18. The molecule has 108 valence electrons. The number of carbonyl (C=O) groups is 1. The molecular weight excluding hydrogens is 254 g/mol. The highest BCUT2D eigenvalue weighted by molar-refractivity contribution is 5.98. The minimum atomic E-state index is -0.421. The van der Waals surface area contributed by atoms with Crippen LogP contribution in [0.25, 0.3) is 0 Å². The summed E-state index contributed by atoms with van der Waals surface area (Å²) in [7, 11) is 2.16. The van der Waals surface area contributed by atoms with Crippen molar-refractivity contribution < 1.29 is 9.53 Å². The van der Waals surface area contributed by atoms with Crippen molar-refractivity contribution in [1.29, 1.82) is 0 Å². The van der Waals surface area contributed by atoms with Crippen LogP contribution in [0.5, 0.6) is 5.75 Å². The quantitative estimate of drug-likeness (QED) is 0.865. The molecule has 2 aliphatic rings. The maximum absolute atomic E-state index is 11.6. The van der Waals surface area contributed by atoms with E-state index in [1.165, 1.54) is 0 Å². The molecule has 0 aliphatic carbocycles. The maximum Gasteiger partial charge on any atom is 0.265 e. The van der Waals surface area contributed by atoms with E-state index in [2.05, 4.69) is 22.6 Å². The monoisotopic (exact) mass is 275 g/mol. The van der Waals surface area contributed by atoms with E-state index in [0.717, 1.165) is 43.1 Å². The summed E-state index contributed by atoms with van der Waals surface area (Å²) in [6.07, 6.45) is 1.87. The molecule has 3 rings (SSSR count). The first-order chi connectivity index (χ1) is 9.61. The lowest BCUT2D eigenvalue weighted by atomic mass is 10.0. The lowest BCUT2D eigenvalue weighted by Gasteiger charge is -2.30. The molecule has 0 aromatic heterocycles. The number of nitrogens with one attached hydrogen (secondary N) is 2. The van der Waals surface area contributed by atoms with Crippen LogP contribution >= 0.6 is 0 Å². The molecule has 0 radical (unpaired) electrons. The Hall–Kier alpha value is -1.75. The van der Waals surface area contributed by atoms with Crippen molar-refractivity contribution >= 4 is 17.3 Å². The van der Waals surface area contributed by atoms with Gasteiger partial charge in [-0.25, -0.2) is 0 Å². The number of likely N-dealkylation sites (tertiary alicyclic amines) is 1. The molecule has 0 bridgehead atoms. The van der Waals surface area contributed by atoms with E-state index in [4.69, 9.17) is 4.74 Å². The summed E-state index contributed by atoms with van der Waals surface area (Å²) in [5.74, 6) is 0.653. The number of hydrogen-bond donors (Lipinski definition) is 2. The van der Waals surface area contributed by atoms with Gasteiger partial charge in [0.05, 0.1) is 5.69 Å². The highest BCUT2D eigenvalue weighted by atomic mass is 16.5. The van der Waals surface area contributed by atoms with Crippen LogP contribution in [-0.4, -0.2) is 43.1 Å². The predicted molar refractivity (Wildman–Crippen MR) is 79.3 cm³/mol. The van der Waals surface area contributed by atoms with Gasteiger partial charge in [-0.1, -0.05) is 0 Å². The van der Waals surface area contributed by atoms with Gasteiger partial charge in [0.25, 0.3) is 5.91 Å². The second kappa shape index (κ2) is 5.32. The Labute approximate surface area is 119 Å². The summed E-state index contributed by atoms with van der Waals surface area (Å²) < 4.78 is 5.56. The van der Waals surface area contributed by atoms with E-state index in [-0.39, 0.29) is 5.91 Å². The molecular formula is C15H21N3O2. The molecule has 1 amide bonds. The molecule has 1 aromatic carbocycles. The largest absolute Gasteiger partial charge is 0.479 e. The van der Waals surface area contributed by atoms with Gasteiger partial charge in [0, 0.05) is 11.7 Å². The summed E-state index contributed by atoms with van der Waals surface area (Å²) in [6.45, 7) is 4.00. The number of fused-ring (bicyclic) bond motifs is 1. The second-order valence-corrected chi connectivity index (χ2v) is 5.68. The Morgan fingerprint density at radius 2 is 2.10 bits per heavy atom. The first kappa shape index (κ1) is 13.2. The topological polar surface area (TPSA) is 53.6 Å². The third-order valence-corrected chi connectivity index (χ3v) is 4.00. The van der Waals surface area contributed by atoms with Crippen molar-refractivity contribution in [3.63, 3.8) is 0 Å². The van der Waals surface area contributed by atoms with Crippen molar-refractivity contribution in [1.82, 2.24) is 4.90 Å². The van der Waals surface area contributed by atoms with Crippen molar-refractivity contribution in [3.05, 3.63) is 18.2 Å². The fraction of sp³-hybridized carbons (Fsp3) is 0.533. The lowest BCUT2D eigenvalue weighted by Crippen LogP contribution is -2.37. The number of ether oxygens (including phenoxy) is 1. The molecule has 20 heavy (non-hydrogen) atoms. The van der Waals surface area contributed by atoms with Gasteiger partial charge < -0.3 is 20.3 Å². The van der Waals surface area contributed by atoms with E-state index >= 15 is 0 Å². The van der Waals surface area contributed by atoms with Crippen molar-refractivity contribution in [3.8, 4) is 5.75 Å². The van der Waals surface area contributed by atoms with Gasteiger partial charge in [-0.05, 0) is 58.1 Å². The zero-order valence-corrected chi connectivity index (χ0v) is 12.0. The minimum Gasteiger partial charge on any atom is -0.479 e. The normalized spacial score (nSPS) is 23.7. The third-order valence-electron chi connectivity index (χ3n) is 4.00. The summed E-state index contributed by atoms with van der Waals surface area (Å²) in [4.78, 5) is 14.0. The smallest absolute Gasteiger partial charge is 0.265 e. The SMILES string of the molecule is CC1Oc2ccc(NC3CCN(C)CC3)cc2NC1=O. The Morgan fingerprint density at radius 1 is 1.35 bits per heavy atom. The minimum absolute atomic E-state index is 0.0889. The van der Waals surface area contributed by atoms with Crippen molar-refractivity contribution in [2.24, 2.45) is 0 Å². The van der Waals surface area contributed by atoms with E-state index < -0.39 is 6.10 Å². The molecule has 0 saturated carbocycles. The second-order valence-electron chi connectivity index (χ2n) is 5.68. The molecule has 1 aromatic rings. The predicted octanol–water partition coefficient (Wildman–Crippen LogP) is 1.91. The average Bonchev–Trinajstić information content (AvgIpc) is 2.43. The zero-order valence-electron chi connectivity index (χ0n) is 12.0. The van der Waals surface area contributed by atoms with Gasteiger partial charge in [0.1, 0.15) is 5.75 Å². The van der Waals surface area contributed by atoms with Gasteiger partial charge in [0.15, 0.2) is 6.10 Å². The van der Waals surface area contributed by atoms with Crippen LogP contribution in [0.1, 0.15) is 19.8 Å². The number of piperidine rings is 1. The van der Waals surface area contributed by atoms with Crippen molar-refractivity contribution in [2.45, 2.75) is 31.9 Å². The van der Waals surface area contributed by atoms with Crippen LogP contribution < -0.4 is 15.4 Å². The number of amides is 1. The first-order valence-electron chi connectivity index (χ1n) is 7.18. The Bertz CT molecular complexity index is 510. The van der Waals surface area contributed by atoms with E-state index in [0.29, 0.717) is 6.04 Å². The number of rotatable bonds is 2. The molecule has 2 aliphatic heterocycles. The van der Waals surface area contributed by atoms with Gasteiger partial charge in [-0.3, -0.25) is 4.79 Å². The molecule has 1 fully saturated rings. The zero-order chi connectivity index (χ0) is 14.1. The average molecular weight is 275 g/mol. The summed E-state index contributed by atoms with van der Waals surface area (Å²) in [5.41, 5.74) is 1.79. The third kappa shape index (κ3) is 2.72. The lowest BCUT2D eigenvalue weighted by molar-refractivity contribution is -0.122. The fourth-order valence-corrected chi connectivity index (χ4v) is 2.69. The standard InChI is InChI=1S/C15H21N3O2/c1-10-15(19)17-13-9-12(3-4-14(13)20-10)16-11-5-7-18(2)8-6-11/h3-4,9-11,16H,5-8H2,1-2H3,(H,17,19). The van der Waals surface area contributed by atoms with Gasteiger partial charge in [0.2, 0.25) is 0 Å². The van der Waals surface area contributed by atoms with Gasteiger partial charge in [-0.2, -0.15) is 0 Å². The fourth-order valence-electron chi connectivity index (χ4n) is 2.69. The summed E-state index contributed by atoms with van der Waals surface area (Å²) in [5, 5.41) is 6.43. The molecule has 0 spiro atoms. The van der Waals surface area contributed by atoms with Gasteiger partial charge >= 0.3 is 0 Å². The molecule has 2 N–H and O–H groups in total. The number of carbonyl (C=O) groups excluding carboxylic acids is 1. The number of anilines is 2. The van der Waals surface area contributed by atoms with Crippen molar-refractivity contribution in [2.75, 3.05) is 30.8 Å². The summed E-state index contributed by atoms with van der Waals surface area (Å²) >= 11 is 0. The maximum atomic E-state index is 11.6. The van der Waals surface area contributed by atoms with Crippen LogP contribution in [-0.2, 0) is 4.79 Å². The Balaban J connectivity index is 1.69. The van der Waals surface area contributed by atoms with Gasteiger partial charge in [-0.15, -0.1) is 0 Å². The van der Waals surface area contributed by atoms with Crippen LogP contribution in [0.2, 0.25) is 0 Å².